The zero-order valence-electron chi connectivity index (χ0n) is 16.5. The van der Waals surface area contributed by atoms with Crippen molar-refractivity contribution in [1.29, 1.82) is 0 Å². The fourth-order valence-corrected chi connectivity index (χ4v) is 4.58. The molecule has 1 atom stereocenters. The second-order valence-corrected chi connectivity index (χ2v) is 9.17. The van der Waals surface area contributed by atoms with E-state index >= 15 is 0 Å². The first-order valence-corrected chi connectivity index (χ1v) is 11.2. The molecule has 0 spiro atoms. The summed E-state index contributed by atoms with van der Waals surface area (Å²) in [7, 11) is 0. The molecular formula is C23H24N4OS. The molecule has 3 aromatic rings. The molecule has 0 unspecified atom stereocenters. The lowest BCUT2D eigenvalue weighted by Crippen LogP contribution is -2.22. The maximum absolute atomic E-state index is 12.7. The van der Waals surface area contributed by atoms with Crippen molar-refractivity contribution in [3.63, 3.8) is 0 Å². The SMILES string of the molecule is C[C@H](Sc1nc(C2CC2)n(-c2ccccc2)n1)C(=O)Nc1ccc2c(c1)CCC2. The number of carbonyl (C=O) groups excluding carboxylic acids is 1. The van der Waals surface area contributed by atoms with Crippen molar-refractivity contribution >= 4 is 23.4 Å². The van der Waals surface area contributed by atoms with E-state index in [0.717, 1.165) is 42.9 Å². The van der Waals surface area contributed by atoms with Crippen LogP contribution in [0, 0.1) is 0 Å². The van der Waals surface area contributed by atoms with E-state index in [1.54, 1.807) is 0 Å². The normalized spacial score (nSPS) is 16.4. The number of benzene rings is 2. The zero-order chi connectivity index (χ0) is 19.8. The number of aryl methyl sites for hydroxylation is 2. The number of nitrogens with zero attached hydrogens (tertiary/aromatic N) is 3. The van der Waals surface area contributed by atoms with Crippen LogP contribution in [0.1, 0.15) is 49.1 Å². The maximum Gasteiger partial charge on any atom is 0.237 e. The van der Waals surface area contributed by atoms with Gasteiger partial charge in [-0.1, -0.05) is 36.0 Å². The number of para-hydroxylation sites is 1. The number of hydrogen-bond acceptors (Lipinski definition) is 4. The topological polar surface area (TPSA) is 59.8 Å². The van der Waals surface area contributed by atoms with Crippen molar-refractivity contribution in [1.82, 2.24) is 14.8 Å². The second kappa shape index (κ2) is 7.67. The van der Waals surface area contributed by atoms with E-state index in [0.29, 0.717) is 11.1 Å². The standard InChI is InChI=1S/C23H24N4OS/c1-15(22(28)24-19-13-12-16-6-5-7-18(16)14-19)29-23-25-21(17-10-11-17)27(26-23)20-8-3-2-4-9-20/h2-4,8-9,12-15,17H,5-7,10-11H2,1H3,(H,24,28)/t15-/m0/s1. The van der Waals surface area contributed by atoms with Crippen molar-refractivity contribution < 1.29 is 4.79 Å². The Bertz CT molecular complexity index is 1040. The number of nitrogens with one attached hydrogen (secondary N) is 1. The van der Waals surface area contributed by atoms with Gasteiger partial charge in [0.2, 0.25) is 11.1 Å². The third kappa shape index (κ3) is 3.94. The minimum absolute atomic E-state index is 0.0167. The minimum Gasteiger partial charge on any atom is -0.325 e. The number of amides is 1. The summed E-state index contributed by atoms with van der Waals surface area (Å²) in [6.45, 7) is 1.91. The summed E-state index contributed by atoms with van der Waals surface area (Å²) < 4.78 is 1.94. The van der Waals surface area contributed by atoms with Gasteiger partial charge in [0.1, 0.15) is 5.82 Å². The van der Waals surface area contributed by atoms with Gasteiger partial charge in [-0.3, -0.25) is 4.79 Å². The molecule has 1 saturated carbocycles. The van der Waals surface area contributed by atoms with E-state index in [1.165, 1.54) is 29.3 Å². The average molecular weight is 405 g/mol. The molecule has 0 saturated heterocycles. The lowest BCUT2D eigenvalue weighted by molar-refractivity contribution is -0.115. The van der Waals surface area contributed by atoms with Crippen LogP contribution in [0.4, 0.5) is 5.69 Å². The predicted molar refractivity (Wildman–Crippen MR) is 116 cm³/mol. The van der Waals surface area contributed by atoms with Crippen molar-refractivity contribution in [3.8, 4) is 5.69 Å². The second-order valence-electron chi connectivity index (χ2n) is 7.86. The molecule has 5 nitrogen and oxygen atoms in total. The first kappa shape index (κ1) is 18.4. The third-order valence-corrected chi connectivity index (χ3v) is 6.52. The van der Waals surface area contributed by atoms with E-state index < -0.39 is 0 Å². The zero-order valence-corrected chi connectivity index (χ0v) is 17.3. The summed E-state index contributed by atoms with van der Waals surface area (Å²) in [5.41, 5.74) is 4.67. The molecule has 1 amide bonds. The van der Waals surface area contributed by atoms with Crippen LogP contribution in [0.25, 0.3) is 5.69 Å². The lowest BCUT2D eigenvalue weighted by atomic mass is 10.1. The van der Waals surface area contributed by atoms with Crippen LogP contribution in [0.3, 0.4) is 0 Å². The number of carbonyl (C=O) groups is 1. The highest BCUT2D eigenvalue weighted by Crippen LogP contribution is 2.40. The monoisotopic (exact) mass is 404 g/mol. The summed E-state index contributed by atoms with van der Waals surface area (Å²) in [6, 6.07) is 16.4. The van der Waals surface area contributed by atoms with Crippen LogP contribution in [0.5, 0.6) is 0 Å². The van der Waals surface area contributed by atoms with E-state index in [1.807, 2.05) is 48.0 Å². The highest BCUT2D eigenvalue weighted by molar-refractivity contribution is 8.00. The van der Waals surface area contributed by atoms with Crippen molar-refractivity contribution in [2.75, 3.05) is 5.32 Å². The molecular weight excluding hydrogens is 380 g/mol. The van der Waals surface area contributed by atoms with Crippen molar-refractivity contribution in [3.05, 3.63) is 65.5 Å². The predicted octanol–water partition coefficient (Wildman–Crippen LogP) is 4.75. The van der Waals surface area contributed by atoms with Crippen LogP contribution < -0.4 is 5.32 Å². The quantitative estimate of drug-likeness (QED) is 0.602. The highest BCUT2D eigenvalue weighted by Gasteiger charge is 2.31. The molecule has 148 valence electrons. The fourth-order valence-electron chi connectivity index (χ4n) is 3.82. The van der Waals surface area contributed by atoms with Gasteiger partial charge in [-0.05, 0) is 74.4 Å². The molecule has 5 rings (SSSR count). The molecule has 2 aromatic carbocycles. The number of thioether (sulfide) groups is 1. The number of anilines is 1. The molecule has 0 radical (unpaired) electrons. The third-order valence-electron chi connectivity index (χ3n) is 5.57. The smallest absolute Gasteiger partial charge is 0.237 e. The molecule has 0 aliphatic heterocycles. The highest BCUT2D eigenvalue weighted by atomic mass is 32.2. The van der Waals surface area contributed by atoms with Crippen molar-refractivity contribution in [2.24, 2.45) is 0 Å². The Hall–Kier alpha value is -2.60. The first-order valence-electron chi connectivity index (χ1n) is 10.3. The van der Waals surface area contributed by atoms with Crippen LogP contribution >= 0.6 is 11.8 Å². The van der Waals surface area contributed by atoms with Crippen molar-refractivity contribution in [2.45, 2.75) is 55.4 Å². The van der Waals surface area contributed by atoms with Gasteiger partial charge in [0.25, 0.3) is 0 Å². The van der Waals surface area contributed by atoms with Crippen LogP contribution in [0.2, 0.25) is 0 Å². The van der Waals surface area contributed by atoms with E-state index in [9.17, 15) is 4.79 Å². The van der Waals surface area contributed by atoms with Gasteiger partial charge < -0.3 is 5.32 Å². The summed E-state index contributed by atoms with van der Waals surface area (Å²) >= 11 is 1.42. The molecule has 0 bridgehead atoms. The Labute approximate surface area is 174 Å². The summed E-state index contributed by atoms with van der Waals surface area (Å²) in [6.07, 6.45) is 5.77. The van der Waals surface area contributed by atoms with Crippen LogP contribution in [0.15, 0.2) is 53.7 Å². The van der Waals surface area contributed by atoms with Gasteiger partial charge in [0.15, 0.2) is 0 Å². The van der Waals surface area contributed by atoms with Crippen LogP contribution in [-0.4, -0.2) is 25.9 Å². The van der Waals surface area contributed by atoms with Gasteiger partial charge in [-0.2, -0.15) is 0 Å². The Morgan fingerprint density at radius 2 is 1.93 bits per heavy atom. The molecule has 1 heterocycles. The van der Waals surface area contributed by atoms with Gasteiger partial charge >= 0.3 is 0 Å². The first-order chi connectivity index (χ1) is 14.2. The maximum atomic E-state index is 12.7. The van der Waals surface area contributed by atoms with Gasteiger partial charge in [-0.15, -0.1) is 5.10 Å². The molecule has 6 heteroatoms. The molecule has 2 aliphatic rings. The van der Waals surface area contributed by atoms with E-state index in [4.69, 9.17) is 10.1 Å². The molecule has 1 N–H and O–H groups in total. The van der Waals surface area contributed by atoms with Gasteiger partial charge in [0.05, 0.1) is 10.9 Å². The Morgan fingerprint density at radius 1 is 1.14 bits per heavy atom. The molecule has 1 aromatic heterocycles. The Morgan fingerprint density at radius 3 is 2.72 bits per heavy atom. The number of fused-ring (bicyclic) bond motifs is 1. The average Bonchev–Trinajstić information content (AvgIpc) is 3.33. The number of aromatic nitrogens is 3. The van der Waals surface area contributed by atoms with Gasteiger partial charge in [0, 0.05) is 11.6 Å². The summed E-state index contributed by atoms with van der Waals surface area (Å²) in [4.78, 5) is 17.5. The minimum atomic E-state index is -0.276. The Kier molecular flexibility index (Phi) is 4.87. The summed E-state index contributed by atoms with van der Waals surface area (Å²) in [5, 5.41) is 8.15. The Balaban J connectivity index is 1.30. The van der Waals surface area contributed by atoms with E-state index in [2.05, 4.69) is 17.4 Å². The fraction of sp³-hybridized carbons (Fsp3) is 0.348. The number of rotatable bonds is 6. The summed E-state index contributed by atoms with van der Waals surface area (Å²) in [5.74, 6) is 1.47. The number of hydrogen-bond donors (Lipinski definition) is 1. The van der Waals surface area contributed by atoms with Crippen LogP contribution in [-0.2, 0) is 17.6 Å². The molecule has 1 fully saturated rings. The molecule has 29 heavy (non-hydrogen) atoms. The largest absolute Gasteiger partial charge is 0.325 e. The van der Waals surface area contributed by atoms with Gasteiger partial charge in [-0.25, -0.2) is 9.67 Å². The van der Waals surface area contributed by atoms with E-state index in [-0.39, 0.29) is 11.2 Å². The lowest BCUT2D eigenvalue weighted by Gasteiger charge is -2.11. The molecule has 2 aliphatic carbocycles.